The van der Waals surface area contributed by atoms with Crippen LogP contribution in [0.3, 0.4) is 0 Å². The number of benzene rings is 8. The summed E-state index contributed by atoms with van der Waals surface area (Å²) in [5.74, 6) is -1.89. The fourth-order valence-corrected chi connectivity index (χ4v) is 13.1. The number of nitrogens with two attached hydrogens (primary N) is 1. The highest BCUT2D eigenvalue weighted by atomic mass is 127. The number of aromatic amines is 1. The van der Waals surface area contributed by atoms with Crippen molar-refractivity contribution in [2.45, 2.75) is 151 Å². The Hall–Kier alpha value is -10.5. The number of nitrogens with zero attached hydrogens (tertiary/aromatic N) is 2. The van der Waals surface area contributed by atoms with Crippen LogP contribution in [0, 0.1) is 33.7 Å². The van der Waals surface area contributed by atoms with Crippen LogP contribution in [0.2, 0.25) is 15.1 Å². The number of carboxylic acid groups (broad SMARTS) is 1. The van der Waals surface area contributed by atoms with Gasteiger partial charge in [-0.25, -0.2) is 18.0 Å². The summed E-state index contributed by atoms with van der Waals surface area (Å²) in [6, 6.07) is 52.5. The third kappa shape index (κ3) is 29.4. The lowest BCUT2D eigenvalue weighted by molar-refractivity contribution is -0.130. The smallest absolute Gasteiger partial charge is 0.374 e. The first-order chi connectivity index (χ1) is 56.2. The fourth-order valence-electron chi connectivity index (χ4n) is 12.6. The topological polar surface area (TPSA) is 308 Å². The highest BCUT2D eigenvalue weighted by Gasteiger charge is 2.37. The van der Waals surface area contributed by atoms with Crippen LogP contribution in [0.1, 0.15) is 160 Å². The van der Waals surface area contributed by atoms with E-state index < -0.39 is 46.3 Å². The van der Waals surface area contributed by atoms with E-state index in [2.05, 4.69) is 30.6 Å². The van der Waals surface area contributed by atoms with Gasteiger partial charge >= 0.3 is 5.97 Å². The molecule has 0 aliphatic heterocycles. The molecule has 11 aromatic rings. The monoisotopic (exact) mass is 1850 g/mol. The van der Waals surface area contributed by atoms with Crippen LogP contribution >= 0.6 is 71.2 Å². The van der Waals surface area contributed by atoms with Gasteiger partial charge < -0.3 is 54.0 Å². The van der Waals surface area contributed by atoms with Crippen molar-refractivity contribution in [3.05, 3.63) is 282 Å². The number of carboxylic acids is 1. The molecule has 0 spiro atoms. The number of carbonyl (C=O) groups is 6. The molecule has 0 aliphatic carbocycles. The number of methoxy groups -OCH3 is 2. The van der Waals surface area contributed by atoms with Gasteiger partial charge in [-0.3, -0.25) is 28.8 Å². The van der Waals surface area contributed by atoms with Gasteiger partial charge in [-0.2, -0.15) is 5.16 Å². The number of aromatic carboxylic acids is 1. The molecule has 0 saturated heterocycles. The van der Waals surface area contributed by atoms with Gasteiger partial charge in [-0.1, -0.05) is 180 Å². The van der Waals surface area contributed by atoms with Crippen molar-refractivity contribution in [3.63, 3.8) is 0 Å². The quantitative estimate of drug-likeness (QED) is 0.0185. The molecular weight excluding hydrogens is 1750 g/mol. The predicted octanol–water partition coefficient (Wildman–Crippen LogP) is 20.7. The number of aromatic nitrogens is 3. The number of ether oxygens (including phenoxy) is 4. The van der Waals surface area contributed by atoms with E-state index in [9.17, 15) is 46.7 Å². The van der Waals surface area contributed by atoms with Crippen molar-refractivity contribution in [1.82, 2.24) is 26.1 Å². The molecule has 2 amide bonds. The van der Waals surface area contributed by atoms with E-state index in [0.717, 1.165) is 57.4 Å². The molecule has 0 fully saturated rings. The molecule has 6 N–H and O–H groups in total. The third-order valence-electron chi connectivity index (χ3n) is 21.0. The van der Waals surface area contributed by atoms with Crippen molar-refractivity contribution in [2.75, 3.05) is 14.2 Å². The molecule has 5 atom stereocenters. The number of Topliss-reactive ketones (excluding diaryl/α,β-unsaturated/α-hetero) is 3. The number of nitrogens with one attached hydrogen (secondary N) is 3. The Labute approximate surface area is 741 Å². The third-order valence-corrected chi connectivity index (χ3v) is 21.7. The molecule has 0 aliphatic rings. The summed E-state index contributed by atoms with van der Waals surface area (Å²) in [5.41, 5.74) is 12.1. The molecular formula is C91H98BCl4F3IN6O15. The van der Waals surface area contributed by atoms with Gasteiger partial charge in [-0.05, 0) is 205 Å². The molecule has 0 bridgehead atoms. The number of hydrogen-bond donors (Lipinski definition) is 5. The molecule has 30 heteroatoms. The standard InChI is InChI=1S/C33H34ClFN2O5.C25H26ClFN2O4.C21H25ClFNO.C12H11NO5.B.ClH.HI/c1-5-33(3,6-2)31(38)28(17-21-7-11-23(12-8-21)26-18-24(34)13-16-27(26)35)36-32(39)29-19-30(37-42-29)41-20-22-9-14-25(40-4)15-10-22;1-4-25(3,15(2)30)14-19(28-24(32)22-13-23(31)29-33-22)11-16-5-7-17(8-6-16)20-12-18(26)9-10-21(20)27;1-4-21(3,14(2)25)13-18(24)11-15-5-7-16(8-6-15)19-12-17(22)9-10-20(19)23;1-16-9-4-2-8(3-5-9)7-17-11-6-10(12(14)15)18-13-11;;;/h7-16,18-19,28H,5-6,17,20H2,1-4H3,(H,36,39);5-10,12-13,19H,4,11,14H2,1-3H3,(H,28,32)(H,29,31);5-10,12,18H,4,11,13,24H2,1-3H3;2-6H,7H2,1H3,(H,14,15);;2*1H/t28-;19-,25-;18-,21-;;;;/m111..../s1. The maximum Gasteiger partial charge on any atom is 0.374 e. The summed E-state index contributed by atoms with van der Waals surface area (Å²) < 4.78 is 78.4. The first kappa shape index (κ1) is 101. The highest BCUT2D eigenvalue weighted by molar-refractivity contribution is 14.0. The van der Waals surface area contributed by atoms with E-state index in [-0.39, 0.29) is 140 Å². The minimum absolute atomic E-state index is 0. The van der Waals surface area contributed by atoms with Crippen LogP contribution in [0.25, 0.3) is 33.4 Å². The van der Waals surface area contributed by atoms with Crippen molar-refractivity contribution in [1.29, 1.82) is 0 Å². The molecule has 3 radical (unpaired) electrons. The van der Waals surface area contributed by atoms with Crippen molar-refractivity contribution in [3.8, 4) is 56.6 Å². The Kier molecular flexibility index (Phi) is 39.8. The second-order valence-electron chi connectivity index (χ2n) is 29.2. The van der Waals surface area contributed by atoms with Crippen LogP contribution < -0.4 is 40.9 Å². The summed E-state index contributed by atoms with van der Waals surface area (Å²) in [4.78, 5) is 85.5. The number of halogens is 8. The van der Waals surface area contributed by atoms with Gasteiger partial charge in [0.2, 0.25) is 17.3 Å². The summed E-state index contributed by atoms with van der Waals surface area (Å²) in [5, 5.41) is 25.2. The van der Waals surface area contributed by atoms with Gasteiger partial charge in [-0.15, -0.1) is 36.4 Å². The lowest BCUT2D eigenvalue weighted by atomic mass is 9.76. The van der Waals surface area contributed by atoms with E-state index >= 15 is 0 Å². The Balaban J connectivity index is 0.000000296. The lowest BCUT2D eigenvalue weighted by Crippen LogP contribution is -2.48. The van der Waals surface area contributed by atoms with Crippen molar-refractivity contribution < 1.29 is 79.6 Å². The van der Waals surface area contributed by atoms with Gasteiger partial charge in [0, 0.05) is 68.5 Å². The number of hydrogen-bond acceptors (Lipinski definition) is 17. The fraction of sp³-hybridized carbons (Fsp3) is 0.308. The minimum atomic E-state index is -1.18. The normalized spacial score (nSPS) is 12.5. The molecule has 641 valence electrons. The second-order valence-corrected chi connectivity index (χ2v) is 30.5. The van der Waals surface area contributed by atoms with Crippen LogP contribution in [0.5, 0.6) is 23.3 Å². The number of rotatable bonds is 34. The minimum Gasteiger partial charge on any atom is -0.497 e. The summed E-state index contributed by atoms with van der Waals surface area (Å²) in [6.45, 7) is 17.3. The van der Waals surface area contributed by atoms with Gasteiger partial charge in [0.1, 0.15) is 53.7 Å². The molecule has 3 aromatic heterocycles. The zero-order valence-corrected chi connectivity index (χ0v) is 74.2. The van der Waals surface area contributed by atoms with Gasteiger partial charge in [0.25, 0.3) is 29.1 Å². The van der Waals surface area contributed by atoms with Crippen LogP contribution in [-0.2, 0) is 46.9 Å². The van der Waals surface area contributed by atoms with E-state index in [4.69, 9.17) is 73.6 Å². The Morgan fingerprint density at radius 2 is 0.860 bits per heavy atom. The molecule has 3 heterocycles. The molecule has 21 nitrogen and oxygen atoms in total. The number of amides is 2. The molecule has 0 unspecified atom stereocenters. The summed E-state index contributed by atoms with van der Waals surface area (Å²) in [7, 11) is 3.19. The molecule has 121 heavy (non-hydrogen) atoms. The van der Waals surface area contributed by atoms with E-state index in [1.807, 2.05) is 146 Å². The van der Waals surface area contributed by atoms with Crippen molar-refractivity contribution >= 4 is 115 Å². The first-order valence-electron chi connectivity index (χ1n) is 38.1. The zero-order valence-electron chi connectivity index (χ0n) is 68.8. The summed E-state index contributed by atoms with van der Waals surface area (Å²) in [6.07, 6.45) is 5.05. The SMILES string of the molecule is CCC(C)(CC)C(=O)[C@@H](Cc1ccc(-c2cc(Cl)ccc2F)cc1)NC(=O)c1cc(OCc2ccc(OC)cc2)no1.CC[C@](C)(C[C@@H](Cc1ccc(-c2cc(Cl)ccc2F)cc1)NC(=O)c1cc(=O)[nH]o1)C(C)=O.CC[C@](C)(C[C@H](N)Cc1ccc(-c2cc(Cl)ccc2F)cc1)C(C)=O.COc1ccc(COc2cc(C(=O)O)on2)cc1.Cl.I.[B]. The van der Waals surface area contributed by atoms with Gasteiger partial charge in [0.15, 0.2) is 5.78 Å². The molecule has 11 rings (SSSR count). The lowest BCUT2D eigenvalue weighted by Gasteiger charge is -2.30. The van der Waals surface area contributed by atoms with Crippen molar-refractivity contribution in [2.24, 2.45) is 22.0 Å². The van der Waals surface area contributed by atoms with Gasteiger partial charge in [0.05, 0.1) is 38.5 Å². The van der Waals surface area contributed by atoms with E-state index in [1.54, 1.807) is 70.5 Å². The molecule has 8 aromatic carbocycles. The van der Waals surface area contributed by atoms with E-state index in [1.165, 1.54) is 48.5 Å². The zero-order chi connectivity index (χ0) is 86.0. The Morgan fingerprint density at radius 3 is 1.22 bits per heavy atom. The van der Waals surface area contributed by atoms with Crippen LogP contribution in [-0.4, -0.2) is 96.5 Å². The largest absolute Gasteiger partial charge is 0.497 e. The molecule has 0 saturated carbocycles. The predicted molar refractivity (Wildman–Crippen MR) is 476 cm³/mol. The Bertz CT molecular complexity index is 5270. The van der Waals surface area contributed by atoms with Crippen LogP contribution in [0.4, 0.5) is 13.2 Å². The summed E-state index contributed by atoms with van der Waals surface area (Å²) >= 11 is 18.0. The number of ketones is 3. The Morgan fingerprint density at radius 1 is 0.496 bits per heavy atom. The maximum absolute atomic E-state index is 14.4. The maximum atomic E-state index is 14.4. The number of H-pyrrole nitrogens is 1. The second kappa shape index (κ2) is 47.6. The first-order valence-corrected chi connectivity index (χ1v) is 39.3. The average molecular weight is 1850 g/mol. The van der Waals surface area contributed by atoms with Crippen LogP contribution in [0.15, 0.2) is 212 Å². The number of carbonyl (C=O) groups excluding carboxylic acids is 5. The highest BCUT2D eigenvalue weighted by Crippen LogP contribution is 2.36. The van der Waals surface area contributed by atoms with E-state index in [0.29, 0.717) is 87.8 Å². The average Bonchev–Trinajstić information content (AvgIpc) is 1.81.